The van der Waals surface area contributed by atoms with Crippen molar-refractivity contribution in [1.29, 1.82) is 0 Å². The smallest absolute Gasteiger partial charge is 0.162 e. The first-order valence-electron chi connectivity index (χ1n) is 3.84. The predicted octanol–water partition coefficient (Wildman–Crippen LogP) is 2.21. The lowest BCUT2D eigenvalue weighted by atomic mass is 10.1. The van der Waals surface area contributed by atoms with Gasteiger partial charge in [-0.2, -0.15) is 4.37 Å². The Morgan fingerprint density at radius 3 is 2.92 bits per heavy atom. The van der Waals surface area contributed by atoms with Gasteiger partial charge in [0.05, 0.1) is 11.9 Å². The molecule has 0 saturated heterocycles. The highest BCUT2D eigenvalue weighted by Gasteiger charge is 2.04. The fourth-order valence-electron chi connectivity index (χ4n) is 0.954. The van der Waals surface area contributed by atoms with Crippen molar-refractivity contribution < 1.29 is 0 Å². The molecular weight excluding hydrogens is 170 g/mol. The summed E-state index contributed by atoms with van der Waals surface area (Å²) in [6.07, 6.45) is 3.57. The fourth-order valence-corrected chi connectivity index (χ4v) is 1.55. The SMILES string of the molecule is CC(C)c1cnc2cnsc2n1. The maximum atomic E-state index is 4.43. The Balaban J connectivity index is 2.60. The number of aromatic nitrogens is 3. The van der Waals surface area contributed by atoms with Crippen molar-refractivity contribution in [2.45, 2.75) is 19.8 Å². The summed E-state index contributed by atoms with van der Waals surface area (Å²) < 4.78 is 4.02. The van der Waals surface area contributed by atoms with E-state index in [4.69, 9.17) is 0 Å². The first-order valence-corrected chi connectivity index (χ1v) is 4.62. The molecule has 0 unspecified atom stereocenters. The van der Waals surface area contributed by atoms with Crippen LogP contribution >= 0.6 is 11.5 Å². The van der Waals surface area contributed by atoms with E-state index in [1.165, 1.54) is 11.5 Å². The molecule has 2 aromatic heterocycles. The van der Waals surface area contributed by atoms with Gasteiger partial charge in [-0.1, -0.05) is 13.8 Å². The first-order chi connectivity index (χ1) is 5.77. The average Bonchev–Trinajstić information content (AvgIpc) is 2.49. The topological polar surface area (TPSA) is 38.7 Å². The molecule has 0 saturated carbocycles. The van der Waals surface area contributed by atoms with E-state index in [0.717, 1.165) is 16.0 Å². The third-order valence-corrected chi connectivity index (χ3v) is 2.38. The summed E-state index contributed by atoms with van der Waals surface area (Å²) in [5.41, 5.74) is 1.93. The van der Waals surface area contributed by atoms with Crippen LogP contribution in [0.25, 0.3) is 10.3 Å². The van der Waals surface area contributed by atoms with Gasteiger partial charge in [0, 0.05) is 6.20 Å². The molecule has 0 aliphatic heterocycles. The zero-order chi connectivity index (χ0) is 8.55. The van der Waals surface area contributed by atoms with Gasteiger partial charge in [0.25, 0.3) is 0 Å². The van der Waals surface area contributed by atoms with E-state index in [1.807, 2.05) is 6.20 Å². The van der Waals surface area contributed by atoms with Crippen molar-refractivity contribution in [3.8, 4) is 0 Å². The second kappa shape index (κ2) is 2.79. The lowest BCUT2D eigenvalue weighted by molar-refractivity contribution is 0.823. The second-order valence-electron chi connectivity index (χ2n) is 2.97. The van der Waals surface area contributed by atoms with Crippen molar-refractivity contribution in [2.75, 3.05) is 0 Å². The monoisotopic (exact) mass is 179 g/mol. The van der Waals surface area contributed by atoms with E-state index in [0.29, 0.717) is 5.92 Å². The summed E-state index contributed by atoms with van der Waals surface area (Å²) in [7, 11) is 0. The van der Waals surface area contributed by atoms with E-state index >= 15 is 0 Å². The van der Waals surface area contributed by atoms with Crippen LogP contribution in [-0.2, 0) is 0 Å². The van der Waals surface area contributed by atoms with Crippen LogP contribution in [-0.4, -0.2) is 14.3 Å². The molecular formula is C8H9N3S. The Morgan fingerprint density at radius 1 is 1.33 bits per heavy atom. The molecule has 2 heterocycles. The molecule has 0 bridgehead atoms. The molecule has 0 spiro atoms. The molecule has 0 aliphatic rings. The van der Waals surface area contributed by atoms with Crippen molar-refractivity contribution in [1.82, 2.24) is 14.3 Å². The number of nitrogens with zero attached hydrogens (tertiary/aromatic N) is 3. The standard InChI is InChI=1S/C8H9N3S/c1-5(2)6-3-9-7-4-10-12-8(7)11-6/h3-5H,1-2H3. The lowest BCUT2D eigenvalue weighted by Gasteiger charge is -2.01. The Labute approximate surface area is 74.6 Å². The quantitative estimate of drug-likeness (QED) is 0.673. The molecule has 2 rings (SSSR count). The Bertz CT molecular complexity index is 394. The van der Waals surface area contributed by atoms with Gasteiger partial charge in [-0.3, -0.25) is 4.98 Å². The molecule has 0 aliphatic carbocycles. The maximum Gasteiger partial charge on any atom is 0.162 e. The minimum Gasteiger partial charge on any atom is -0.250 e. The van der Waals surface area contributed by atoms with Gasteiger partial charge in [0.2, 0.25) is 0 Å². The highest BCUT2D eigenvalue weighted by atomic mass is 32.1. The third kappa shape index (κ3) is 1.18. The summed E-state index contributed by atoms with van der Waals surface area (Å²) >= 11 is 1.40. The summed E-state index contributed by atoms with van der Waals surface area (Å²) in [6, 6.07) is 0. The van der Waals surface area contributed by atoms with Crippen LogP contribution in [0, 0.1) is 0 Å². The number of hydrogen-bond donors (Lipinski definition) is 0. The van der Waals surface area contributed by atoms with Crippen molar-refractivity contribution in [2.24, 2.45) is 0 Å². The van der Waals surface area contributed by atoms with Crippen LogP contribution in [0.2, 0.25) is 0 Å². The third-order valence-electron chi connectivity index (χ3n) is 1.69. The predicted molar refractivity (Wildman–Crippen MR) is 49.3 cm³/mol. The summed E-state index contributed by atoms with van der Waals surface area (Å²) in [5, 5.41) is 0. The molecule has 0 radical (unpaired) electrons. The Morgan fingerprint density at radius 2 is 2.17 bits per heavy atom. The number of hydrogen-bond acceptors (Lipinski definition) is 4. The number of rotatable bonds is 1. The first kappa shape index (κ1) is 7.61. The summed E-state index contributed by atoms with van der Waals surface area (Å²) in [5.74, 6) is 0.434. The second-order valence-corrected chi connectivity index (χ2v) is 3.75. The van der Waals surface area contributed by atoms with Crippen LogP contribution < -0.4 is 0 Å². The molecule has 3 nitrogen and oxygen atoms in total. The van der Waals surface area contributed by atoms with Crippen LogP contribution in [0.4, 0.5) is 0 Å². The van der Waals surface area contributed by atoms with E-state index in [9.17, 15) is 0 Å². The van der Waals surface area contributed by atoms with Crippen molar-refractivity contribution in [3.63, 3.8) is 0 Å². The highest BCUT2D eigenvalue weighted by molar-refractivity contribution is 7.12. The van der Waals surface area contributed by atoms with E-state index in [2.05, 4.69) is 28.2 Å². The molecule has 0 N–H and O–H groups in total. The van der Waals surface area contributed by atoms with Gasteiger partial charge in [0.15, 0.2) is 4.83 Å². The normalized spacial score (nSPS) is 11.2. The van der Waals surface area contributed by atoms with Gasteiger partial charge < -0.3 is 0 Å². The van der Waals surface area contributed by atoms with Crippen molar-refractivity contribution >= 4 is 21.9 Å². The molecule has 2 aromatic rings. The van der Waals surface area contributed by atoms with Crippen LogP contribution in [0.1, 0.15) is 25.5 Å². The van der Waals surface area contributed by atoms with E-state index < -0.39 is 0 Å². The van der Waals surface area contributed by atoms with Gasteiger partial charge >= 0.3 is 0 Å². The molecule has 62 valence electrons. The van der Waals surface area contributed by atoms with Crippen LogP contribution in [0.5, 0.6) is 0 Å². The zero-order valence-corrected chi connectivity index (χ0v) is 7.80. The van der Waals surface area contributed by atoms with Gasteiger partial charge in [-0.05, 0) is 17.5 Å². The van der Waals surface area contributed by atoms with Crippen molar-refractivity contribution in [3.05, 3.63) is 18.1 Å². The average molecular weight is 179 g/mol. The Hall–Kier alpha value is -1.03. The highest BCUT2D eigenvalue weighted by Crippen LogP contribution is 2.16. The zero-order valence-electron chi connectivity index (χ0n) is 6.98. The van der Waals surface area contributed by atoms with Gasteiger partial charge in [-0.25, -0.2) is 4.98 Å². The van der Waals surface area contributed by atoms with Gasteiger partial charge in [0.1, 0.15) is 5.52 Å². The van der Waals surface area contributed by atoms with Gasteiger partial charge in [-0.15, -0.1) is 0 Å². The van der Waals surface area contributed by atoms with E-state index in [1.54, 1.807) is 6.20 Å². The van der Waals surface area contributed by atoms with Crippen LogP contribution in [0.3, 0.4) is 0 Å². The molecule has 0 amide bonds. The minimum absolute atomic E-state index is 0.434. The van der Waals surface area contributed by atoms with Crippen LogP contribution in [0.15, 0.2) is 12.4 Å². The molecule has 0 aromatic carbocycles. The minimum atomic E-state index is 0.434. The molecule has 4 heteroatoms. The largest absolute Gasteiger partial charge is 0.250 e. The summed E-state index contributed by atoms with van der Waals surface area (Å²) in [6.45, 7) is 4.22. The maximum absolute atomic E-state index is 4.43. The Kier molecular flexibility index (Phi) is 1.77. The lowest BCUT2D eigenvalue weighted by Crippen LogP contribution is -1.92. The molecule has 0 atom stereocenters. The summed E-state index contributed by atoms with van der Waals surface area (Å²) in [4.78, 5) is 9.61. The number of fused-ring (bicyclic) bond motifs is 1. The fraction of sp³-hybridized carbons (Fsp3) is 0.375. The molecule has 12 heavy (non-hydrogen) atoms. The van der Waals surface area contributed by atoms with E-state index in [-0.39, 0.29) is 0 Å². The molecule has 0 fully saturated rings.